The summed E-state index contributed by atoms with van der Waals surface area (Å²) in [7, 11) is 1.70. The average Bonchev–Trinajstić information content (AvgIpc) is 2.77. The Kier molecular flexibility index (Phi) is 6.26. The first-order valence-electron chi connectivity index (χ1n) is 11.2. The van der Waals surface area contributed by atoms with Crippen LogP contribution in [0.25, 0.3) is 0 Å². The third kappa shape index (κ3) is 4.79. The molecule has 0 radical (unpaired) electrons. The lowest BCUT2D eigenvalue weighted by atomic mass is 9.93. The van der Waals surface area contributed by atoms with Gasteiger partial charge in [0.1, 0.15) is 5.56 Å². The molecule has 172 valence electrons. The van der Waals surface area contributed by atoms with Gasteiger partial charge in [-0.2, -0.15) is 0 Å². The Morgan fingerprint density at radius 2 is 1.82 bits per heavy atom. The van der Waals surface area contributed by atoms with Crippen molar-refractivity contribution >= 4 is 17.5 Å². The number of pyridine rings is 2. The van der Waals surface area contributed by atoms with E-state index in [1.807, 2.05) is 52.0 Å². The molecule has 1 N–H and O–H groups in total. The van der Waals surface area contributed by atoms with Gasteiger partial charge in [-0.05, 0) is 70.4 Å². The first kappa shape index (κ1) is 22.6. The standard InChI is InChI=1S/C25H30N6O2/c1-15-11-18(4)30(5)23(32)22(15)24(33)31-10-6-7-19(14-31)21-9-8-20(13-26-21)29-25-27-16(2)12-17(3)28-25/h8-9,11-13,19H,6-7,10,14H2,1-5H3,(H,27,28,29). The fourth-order valence-electron chi connectivity index (χ4n) is 4.43. The molecule has 3 aromatic heterocycles. The zero-order chi connectivity index (χ0) is 23.7. The number of rotatable bonds is 4. The van der Waals surface area contributed by atoms with Crippen molar-refractivity contribution in [2.45, 2.75) is 46.5 Å². The summed E-state index contributed by atoms with van der Waals surface area (Å²) in [5.74, 6) is 0.485. The lowest BCUT2D eigenvalue weighted by molar-refractivity contribution is 0.0702. The van der Waals surface area contributed by atoms with Gasteiger partial charge in [0.05, 0.1) is 11.9 Å². The molecule has 0 aromatic carbocycles. The predicted molar refractivity (Wildman–Crippen MR) is 128 cm³/mol. The van der Waals surface area contributed by atoms with Crippen LogP contribution >= 0.6 is 0 Å². The summed E-state index contributed by atoms with van der Waals surface area (Å²) >= 11 is 0. The minimum absolute atomic E-state index is 0.129. The Labute approximate surface area is 193 Å². The quantitative estimate of drug-likeness (QED) is 0.659. The second-order valence-corrected chi connectivity index (χ2v) is 8.87. The lowest BCUT2D eigenvalue weighted by Crippen LogP contribution is -2.42. The second-order valence-electron chi connectivity index (χ2n) is 8.87. The SMILES string of the molecule is Cc1cc(C)nc(Nc2ccc(C3CCCN(C(=O)c4c(C)cc(C)n(C)c4=O)C3)nc2)n1. The molecule has 1 amide bonds. The van der Waals surface area contributed by atoms with E-state index in [1.54, 1.807) is 18.1 Å². The van der Waals surface area contributed by atoms with Crippen LogP contribution in [-0.4, -0.2) is 43.4 Å². The zero-order valence-electron chi connectivity index (χ0n) is 19.8. The van der Waals surface area contributed by atoms with Crippen molar-refractivity contribution < 1.29 is 4.79 Å². The third-order valence-electron chi connectivity index (χ3n) is 6.23. The molecule has 33 heavy (non-hydrogen) atoms. The van der Waals surface area contributed by atoms with Gasteiger partial charge in [0.2, 0.25) is 5.95 Å². The summed E-state index contributed by atoms with van der Waals surface area (Å²) in [6.07, 6.45) is 3.60. The Hall–Kier alpha value is -3.55. The highest BCUT2D eigenvalue weighted by Gasteiger charge is 2.29. The number of amides is 1. The minimum Gasteiger partial charge on any atom is -0.338 e. The number of likely N-dealkylation sites (tertiary alicyclic amines) is 1. The molecule has 3 aromatic rings. The number of nitrogens with one attached hydrogen (secondary N) is 1. The van der Waals surface area contributed by atoms with Gasteiger partial charge in [-0.3, -0.25) is 14.6 Å². The highest BCUT2D eigenvalue weighted by Crippen LogP contribution is 2.27. The maximum absolute atomic E-state index is 13.3. The number of aromatic nitrogens is 4. The molecular formula is C25H30N6O2. The number of carbonyl (C=O) groups is 1. The molecule has 8 nitrogen and oxygen atoms in total. The number of piperidine rings is 1. The first-order chi connectivity index (χ1) is 15.7. The van der Waals surface area contributed by atoms with Crippen molar-refractivity contribution in [2.24, 2.45) is 7.05 Å². The van der Waals surface area contributed by atoms with Crippen molar-refractivity contribution in [2.75, 3.05) is 18.4 Å². The van der Waals surface area contributed by atoms with E-state index in [0.717, 1.165) is 46.9 Å². The number of anilines is 2. The van der Waals surface area contributed by atoms with Crippen LogP contribution in [0.5, 0.6) is 0 Å². The highest BCUT2D eigenvalue weighted by molar-refractivity contribution is 5.95. The van der Waals surface area contributed by atoms with E-state index in [1.165, 1.54) is 4.57 Å². The molecule has 1 fully saturated rings. The Morgan fingerprint density at radius 3 is 2.48 bits per heavy atom. The van der Waals surface area contributed by atoms with E-state index in [9.17, 15) is 9.59 Å². The fraction of sp³-hybridized carbons (Fsp3) is 0.400. The van der Waals surface area contributed by atoms with Gasteiger partial charge in [0.25, 0.3) is 11.5 Å². The van der Waals surface area contributed by atoms with E-state index in [-0.39, 0.29) is 22.9 Å². The third-order valence-corrected chi connectivity index (χ3v) is 6.23. The van der Waals surface area contributed by atoms with Gasteiger partial charge < -0.3 is 14.8 Å². The van der Waals surface area contributed by atoms with Crippen LogP contribution in [0.4, 0.5) is 11.6 Å². The number of hydrogen-bond acceptors (Lipinski definition) is 6. The molecule has 8 heteroatoms. The van der Waals surface area contributed by atoms with Crippen LogP contribution in [0.3, 0.4) is 0 Å². The Bertz CT molecular complexity index is 1230. The fourth-order valence-corrected chi connectivity index (χ4v) is 4.43. The van der Waals surface area contributed by atoms with Crippen LogP contribution < -0.4 is 10.9 Å². The second kappa shape index (κ2) is 9.13. The molecule has 4 heterocycles. The van der Waals surface area contributed by atoms with Crippen molar-refractivity contribution in [3.8, 4) is 0 Å². The summed E-state index contributed by atoms with van der Waals surface area (Å²) < 4.78 is 1.54. The number of carbonyl (C=O) groups excluding carboxylic acids is 1. The van der Waals surface area contributed by atoms with E-state index >= 15 is 0 Å². The molecule has 0 saturated carbocycles. The minimum atomic E-state index is -0.234. The Balaban J connectivity index is 1.49. The summed E-state index contributed by atoms with van der Waals surface area (Å²) in [5.41, 5.74) is 5.16. The molecule has 1 atom stereocenters. The highest BCUT2D eigenvalue weighted by atomic mass is 16.2. The zero-order valence-corrected chi connectivity index (χ0v) is 19.8. The maximum Gasteiger partial charge on any atom is 0.263 e. The topological polar surface area (TPSA) is 93.0 Å². The summed E-state index contributed by atoms with van der Waals surface area (Å²) in [4.78, 5) is 41.3. The van der Waals surface area contributed by atoms with Gasteiger partial charge in [-0.1, -0.05) is 0 Å². The van der Waals surface area contributed by atoms with Crippen LogP contribution in [0, 0.1) is 27.7 Å². The molecule has 0 aliphatic carbocycles. The van der Waals surface area contributed by atoms with Crippen molar-refractivity contribution in [1.29, 1.82) is 0 Å². The lowest BCUT2D eigenvalue weighted by Gasteiger charge is -2.33. The van der Waals surface area contributed by atoms with Crippen molar-refractivity contribution in [1.82, 2.24) is 24.4 Å². The molecule has 4 rings (SSSR count). The van der Waals surface area contributed by atoms with Gasteiger partial charge >= 0.3 is 0 Å². The van der Waals surface area contributed by atoms with Gasteiger partial charge in [-0.25, -0.2) is 9.97 Å². The number of aryl methyl sites for hydroxylation is 4. The molecule has 1 saturated heterocycles. The largest absolute Gasteiger partial charge is 0.338 e. The Morgan fingerprint density at radius 1 is 1.09 bits per heavy atom. The van der Waals surface area contributed by atoms with Gasteiger partial charge in [0.15, 0.2) is 0 Å². The summed E-state index contributed by atoms with van der Waals surface area (Å²) in [6, 6.07) is 7.77. The maximum atomic E-state index is 13.3. The van der Waals surface area contributed by atoms with E-state index in [0.29, 0.717) is 19.0 Å². The number of hydrogen-bond donors (Lipinski definition) is 1. The van der Waals surface area contributed by atoms with Crippen molar-refractivity contribution in [3.05, 3.63) is 74.7 Å². The van der Waals surface area contributed by atoms with Gasteiger partial charge in [-0.15, -0.1) is 0 Å². The molecule has 1 unspecified atom stereocenters. The summed E-state index contributed by atoms with van der Waals surface area (Å²) in [5, 5.41) is 3.20. The molecule has 1 aliphatic heterocycles. The summed E-state index contributed by atoms with van der Waals surface area (Å²) in [6.45, 7) is 8.77. The molecule has 0 bridgehead atoms. The first-order valence-corrected chi connectivity index (χ1v) is 11.2. The monoisotopic (exact) mass is 446 g/mol. The van der Waals surface area contributed by atoms with Gasteiger partial charge in [0, 0.05) is 48.8 Å². The van der Waals surface area contributed by atoms with E-state index in [4.69, 9.17) is 0 Å². The van der Waals surface area contributed by atoms with Crippen molar-refractivity contribution in [3.63, 3.8) is 0 Å². The normalized spacial score (nSPS) is 16.0. The van der Waals surface area contributed by atoms with Crippen LogP contribution in [-0.2, 0) is 7.05 Å². The van der Waals surface area contributed by atoms with E-state index in [2.05, 4.69) is 20.3 Å². The van der Waals surface area contributed by atoms with Crippen LogP contribution in [0.15, 0.2) is 35.3 Å². The molecule has 0 spiro atoms. The van der Waals surface area contributed by atoms with Crippen LogP contribution in [0.1, 0.15) is 57.5 Å². The van der Waals surface area contributed by atoms with Crippen LogP contribution in [0.2, 0.25) is 0 Å². The average molecular weight is 447 g/mol. The molecular weight excluding hydrogens is 416 g/mol. The molecule has 1 aliphatic rings. The predicted octanol–water partition coefficient (Wildman–Crippen LogP) is 3.57. The number of nitrogens with zero attached hydrogens (tertiary/aromatic N) is 5. The smallest absolute Gasteiger partial charge is 0.263 e. The van der Waals surface area contributed by atoms with E-state index < -0.39 is 0 Å².